The average Bonchev–Trinajstić information content (AvgIpc) is 2.59. The number of hydrogen-bond acceptors (Lipinski definition) is 7. The number of rotatable bonds is 0. The van der Waals surface area contributed by atoms with Gasteiger partial charge >= 0.3 is 0 Å². The lowest BCUT2D eigenvalue weighted by atomic mass is 10.5. The second-order valence-electron chi connectivity index (χ2n) is 1.78. The number of allylic oxidation sites excluding steroid dienone is 1. The van der Waals surface area contributed by atoms with Gasteiger partial charge in [-0.1, -0.05) is 0 Å². The van der Waals surface area contributed by atoms with Gasteiger partial charge in [0.15, 0.2) is 5.82 Å². The summed E-state index contributed by atoms with van der Waals surface area (Å²) in [6.07, 6.45) is 1.66. The first kappa shape index (κ1) is 5.33. The quantitative estimate of drug-likeness (QED) is 0.221. The van der Waals surface area contributed by atoms with Gasteiger partial charge in [0.05, 0.1) is 6.21 Å². The number of hydrogen-bond donors (Lipinski definition) is 6. The predicted octanol–water partition coefficient (Wildman–Crippen LogP) is -2.63. The van der Waals surface area contributed by atoms with Crippen LogP contribution in [0.4, 0.5) is 0 Å². The summed E-state index contributed by atoms with van der Waals surface area (Å²) in [4.78, 5) is 0. The van der Waals surface area contributed by atoms with Crippen LogP contribution in [-0.2, 0) is 0 Å². The Labute approximate surface area is 56.8 Å². The van der Waals surface area contributed by atoms with Crippen molar-refractivity contribution in [3.63, 3.8) is 0 Å². The largest absolute Gasteiger partial charge is 0.290 e. The van der Waals surface area contributed by atoms with Crippen molar-refractivity contribution >= 4 is 6.21 Å². The Bertz CT molecular complexity index is 185. The standard InChI is InChI=1S/C3H7N7/c1-2(5-8-4-1)3-6-9-10-7-3/h1,5-10H. The van der Waals surface area contributed by atoms with Crippen LogP contribution in [0.5, 0.6) is 0 Å². The molecule has 0 spiro atoms. The van der Waals surface area contributed by atoms with Crippen molar-refractivity contribution in [1.29, 1.82) is 0 Å². The fraction of sp³-hybridized carbons (Fsp3) is 0. The molecular weight excluding hydrogens is 134 g/mol. The zero-order chi connectivity index (χ0) is 6.81. The molecular formula is C3H7N7. The highest BCUT2D eigenvalue weighted by molar-refractivity contribution is 5.79. The number of hydrazine groups is 4. The zero-order valence-electron chi connectivity index (χ0n) is 5.02. The normalized spacial score (nSPS) is 21.6. The summed E-state index contributed by atoms with van der Waals surface area (Å²) in [6, 6.07) is 0. The molecule has 2 heterocycles. The molecule has 2 aliphatic rings. The summed E-state index contributed by atoms with van der Waals surface area (Å²) in [5, 5.41) is 3.73. The smallest absolute Gasteiger partial charge is 0.157 e. The zero-order valence-corrected chi connectivity index (χ0v) is 5.02. The van der Waals surface area contributed by atoms with Gasteiger partial charge in [0.2, 0.25) is 0 Å². The highest BCUT2D eigenvalue weighted by Gasteiger charge is 2.10. The van der Waals surface area contributed by atoms with Gasteiger partial charge in [-0.3, -0.25) is 16.3 Å². The molecule has 7 nitrogen and oxygen atoms in total. The molecule has 0 saturated carbocycles. The van der Waals surface area contributed by atoms with Crippen molar-refractivity contribution in [1.82, 2.24) is 32.9 Å². The summed E-state index contributed by atoms with van der Waals surface area (Å²) in [5.74, 6) is 0.800. The van der Waals surface area contributed by atoms with E-state index in [1.807, 2.05) is 0 Å². The third kappa shape index (κ3) is 0.731. The molecule has 2 rings (SSSR count). The minimum atomic E-state index is 0.800. The van der Waals surface area contributed by atoms with Crippen LogP contribution in [0.25, 0.3) is 0 Å². The molecule has 0 aromatic rings. The van der Waals surface area contributed by atoms with Crippen molar-refractivity contribution in [2.24, 2.45) is 5.10 Å². The maximum absolute atomic E-state index is 3.73. The van der Waals surface area contributed by atoms with E-state index < -0.39 is 0 Å². The molecule has 1 saturated heterocycles. The summed E-state index contributed by atoms with van der Waals surface area (Å²) < 4.78 is 0. The molecule has 7 heteroatoms. The Morgan fingerprint density at radius 1 is 1.10 bits per heavy atom. The second-order valence-corrected chi connectivity index (χ2v) is 1.78. The second kappa shape index (κ2) is 2.05. The van der Waals surface area contributed by atoms with Gasteiger partial charge in [-0.25, -0.2) is 5.53 Å². The number of nitrogens with zero attached hydrogens (tertiary/aromatic N) is 1. The first-order valence-corrected chi connectivity index (χ1v) is 2.77. The summed E-state index contributed by atoms with van der Waals surface area (Å²) in [6.45, 7) is 0. The predicted molar refractivity (Wildman–Crippen MR) is 34.3 cm³/mol. The molecule has 10 heavy (non-hydrogen) atoms. The third-order valence-electron chi connectivity index (χ3n) is 1.16. The van der Waals surface area contributed by atoms with Gasteiger partial charge in [0, 0.05) is 0 Å². The highest BCUT2D eigenvalue weighted by Crippen LogP contribution is 1.93. The fourth-order valence-corrected chi connectivity index (χ4v) is 0.702. The lowest BCUT2D eigenvalue weighted by molar-refractivity contribution is 0.556. The minimum Gasteiger partial charge on any atom is -0.290 e. The summed E-state index contributed by atoms with van der Waals surface area (Å²) in [5.41, 5.74) is 17.1. The number of nitrogens with one attached hydrogen (secondary N) is 6. The molecule has 0 radical (unpaired) electrons. The number of hydrazone groups is 1. The first-order valence-electron chi connectivity index (χ1n) is 2.77. The van der Waals surface area contributed by atoms with E-state index in [-0.39, 0.29) is 0 Å². The summed E-state index contributed by atoms with van der Waals surface area (Å²) >= 11 is 0. The van der Waals surface area contributed by atoms with Gasteiger partial charge in [-0.2, -0.15) is 16.2 Å². The maximum Gasteiger partial charge on any atom is 0.157 e. The van der Waals surface area contributed by atoms with E-state index in [1.54, 1.807) is 6.21 Å². The van der Waals surface area contributed by atoms with Crippen LogP contribution in [-0.4, -0.2) is 6.21 Å². The molecule has 6 N–H and O–H groups in total. The Morgan fingerprint density at radius 2 is 1.90 bits per heavy atom. The van der Waals surface area contributed by atoms with Crippen molar-refractivity contribution in [3.8, 4) is 0 Å². The van der Waals surface area contributed by atoms with Crippen LogP contribution < -0.4 is 32.9 Å². The van der Waals surface area contributed by atoms with Gasteiger partial charge in [-0.05, 0) is 0 Å². The molecule has 2 aliphatic heterocycles. The van der Waals surface area contributed by atoms with E-state index in [0.717, 1.165) is 11.5 Å². The van der Waals surface area contributed by atoms with E-state index >= 15 is 0 Å². The Hall–Kier alpha value is -1.47. The molecule has 0 aromatic carbocycles. The molecule has 0 bridgehead atoms. The maximum atomic E-state index is 3.73. The lowest BCUT2D eigenvalue weighted by Gasteiger charge is -2.00. The molecule has 0 aromatic heterocycles. The van der Waals surface area contributed by atoms with E-state index in [9.17, 15) is 0 Å². The van der Waals surface area contributed by atoms with Crippen molar-refractivity contribution in [2.75, 3.05) is 0 Å². The van der Waals surface area contributed by atoms with Crippen molar-refractivity contribution in [2.45, 2.75) is 0 Å². The third-order valence-corrected chi connectivity index (χ3v) is 1.16. The van der Waals surface area contributed by atoms with Crippen LogP contribution in [0.1, 0.15) is 0 Å². The van der Waals surface area contributed by atoms with Crippen LogP contribution in [0.2, 0.25) is 0 Å². The van der Waals surface area contributed by atoms with Crippen molar-refractivity contribution in [3.05, 3.63) is 11.5 Å². The van der Waals surface area contributed by atoms with Gasteiger partial charge in [0.25, 0.3) is 0 Å². The Balaban J connectivity index is 2.18. The Kier molecular flexibility index (Phi) is 1.09. The van der Waals surface area contributed by atoms with Gasteiger partial charge < -0.3 is 0 Å². The molecule has 54 valence electrons. The van der Waals surface area contributed by atoms with E-state index in [1.165, 1.54) is 0 Å². The van der Waals surface area contributed by atoms with Gasteiger partial charge in [-0.15, -0.1) is 0 Å². The van der Waals surface area contributed by atoms with E-state index in [4.69, 9.17) is 0 Å². The van der Waals surface area contributed by atoms with Crippen LogP contribution in [0.3, 0.4) is 0 Å². The highest BCUT2D eigenvalue weighted by atomic mass is 15.8. The van der Waals surface area contributed by atoms with E-state index in [0.29, 0.717) is 0 Å². The summed E-state index contributed by atoms with van der Waals surface area (Å²) in [7, 11) is 0. The topological polar surface area (TPSA) is 84.5 Å². The Morgan fingerprint density at radius 3 is 2.50 bits per heavy atom. The molecule has 0 unspecified atom stereocenters. The fourth-order valence-electron chi connectivity index (χ4n) is 0.702. The van der Waals surface area contributed by atoms with Crippen LogP contribution in [0.15, 0.2) is 16.6 Å². The molecule has 0 atom stereocenters. The molecule has 0 amide bonds. The monoisotopic (exact) mass is 141 g/mol. The van der Waals surface area contributed by atoms with Crippen LogP contribution in [0, 0.1) is 0 Å². The van der Waals surface area contributed by atoms with Crippen molar-refractivity contribution < 1.29 is 0 Å². The average molecular weight is 141 g/mol. The van der Waals surface area contributed by atoms with E-state index in [2.05, 4.69) is 38.0 Å². The lowest BCUT2D eigenvalue weighted by Crippen LogP contribution is -2.33. The van der Waals surface area contributed by atoms with Gasteiger partial charge in [0.1, 0.15) is 5.70 Å². The van der Waals surface area contributed by atoms with Crippen LogP contribution >= 0.6 is 0 Å². The molecule has 1 fully saturated rings. The molecule has 0 aliphatic carbocycles. The first-order chi connectivity index (χ1) is 4.97. The minimum absolute atomic E-state index is 0.800. The SMILES string of the molecule is C1=NNNC1=C1NNNN1.